The van der Waals surface area contributed by atoms with E-state index in [-0.39, 0.29) is 0 Å². The Hall–Kier alpha value is -0.230. The quantitative estimate of drug-likeness (QED) is 0.437. The van der Waals surface area contributed by atoms with Crippen molar-refractivity contribution < 1.29 is 9.47 Å². The summed E-state index contributed by atoms with van der Waals surface area (Å²) in [5.74, 6) is 0. The van der Waals surface area contributed by atoms with Gasteiger partial charge in [0.1, 0.15) is 0 Å². The summed E-state index contributed by atoms with van der Waals surface area (Å²) in [6, 6.07) is 0. The fourth-order valence-corrected chi connectivity index (χ4v) is 1.36. The summed E-state index contributed by atoms with van der Waals surface area (Å²) in [7, 11) is 1.71. The van der Waals surface area contributed by atoms with Crippen molar-refractivity contribution in [2.24, 2.45) is 5.73 Å². The first kappa shape index (κ1) is 15.8. The van der Waals surface area contributed by atoms with Gasteiger partial charge in [0.15, 0.2) is 0 Å². The predicted molar refractivity (Wildman–Crippen MR) is 70.8 cm³/mol. The molecule has 0 amide bonds. The van der Waals surface area contributed by atoms with Gasteiger partial charge in [0.05, 0.1) is 18.2 Å². The standard InChI is InChI=1S/C11H24N2O2S/c1-3-8-15-10-7-13(6-9-14-2)5-4-11(12)16/h3-10H2,1-2H3,(H2,12,16). The highest BCUT2D eigenvalue weighted by atomic mass is 32.1. The van der Waals surface area contributed by atoms with Crippen LogP contribution in [0.25, 0.3) is 0 Å². The minimum absolute atomic E-state index is 0.567. The first-order valence-electron chi connectivity index (χ1n) is 5.78. The smallest absolute Gasteiger partial charge is 0.0740 e. The summed E-state index contributed by atoms with van der Waals surface area (Å²) in [4.78, 5) is 2.83. The zero-order valence-electron chi connectivity index (χ0n) is 10.4. The number of nitrogens with zero attached hydrogens (tertiary/aromatic N) is 1. The van der Waals surface area contributed by atoms with Crippen LogP contribution in [0.1, 0.15) is 19.8 Å². The second-order valence-electron chi connectivity index (χ2n) is 3.66. The summed E-state index contributed by atoms with van der Waals surface area (Å²) >= 11 is 4.87. The molecule has 5 heteroatoms. The lowest BCUT2D eigenvalue weighted by molar-refractivity contribution is 0.0897. The number of thiocarbonyl (C=S) groups is 1. The fraction of sp³-hybridized carbons (Fsp3) is 0.909. The number of rotatable bonds is 11. The number of hydrogen-bond donors (Lipinski definition) is 1. The Kier molecular flexibility index (Phi) is 11.1. The van der Waals surface area contributed by atoms with Crippen LogP contribution in [0.4, 0.5) is 0 Å². The third-order valence-corrected chi connectivity index (χ3v) is 2.39. The topological polar surface area (TPSA) is 47.7 Å². The largest absolute Gasteiger partial charge is 0.393 e. The Balaban J connectivity index is 3.66. The predicted octanol–water partition coefficient (Wildman–Crippen LogP) is 1.04. The molecule has 16 heavy (non-hydrogen) atoms. The van der Waals surface area contributed by atoms with Gasteiger partial charge in [-0.15, -0.1) is 0 Å². The first-order chi connectivity index (χ1) is 7.70. The van der Waals surface area contributed by atoms with Crippen LogP contribution in [0.15, 0.2) is 0 Å². The summed E-state index contributed by atoms with van der Waals surface area (Å²) in [6.45, 7) is 7.11. The molecule has 0 atom stereocenters. The van der Waals surface area contributed by atoms with Crippen molar-refractivity contribution in [1.82, 2.24) is 4.90 Å². The van der Waals surface area contributed by atoms with Crippen molar-refractivity contribution in [2.75, 3.05) is 46.6 Å². The molecule has 0 radical (unpaired) electrons. The maximum atomic E-state index is 5.49. The molecule has 0 aliphatic carbocycles. The van der Waals surface area contributed by atoms with E-state index in [0.717, 1.165) is 52.3 Å². The molecular weight excluding hydrogens is 224 g/mol. The van der Waals surface area contributed by atoms with Crippen LogP contribution in [0.3, 0.4) is 0 Å². The van der Waals surface area contributed by atoms with Gasteiger partial charge in [-0.25, -0.2) is 0 Å². The Morgan fingerprint density at radius 2 is 1.88 bits per heavy atom. The minimum atomic E-state index is 0.567. The van der Waals surface area contributed by atoms with E-state index in [1.165, 1.54) is 0 Å². The molecule has 0 spiro atoms. The molecule has 0 aromatic heterocycles. The van der Waals surface area contributed by atoms with Gasteiger partial charge >= 0.3 is 0 Å². The number of hydrogen-bond acceptors (Lipinski definition) is 4. The number of nitrogens with two attached hydrogens (primary N) is 1. The Morgan fingerprint density at radius 3 is 2.44 bits per heavy atom. The summed E-state index contributed by atoms with van der Waals surface area (Å²) in [6.07, 6.45) is 1.82. The summed E-state index contributed by atoms with van der Waals surface area (Å²) in [5, 5.41) is 0. The van der Waals surface area contributed by atoms with E-state index in [1.807, 2.05) is 0 Å². The molecule has 2 N–H and O–H groups in total. The second-order valence-corrected chi connectivity index (χ2v) is 4.19. The van der Waals surface area contributed by atoms with Gasteiger partial charge in [-0.2, -0.15) is 0 Å². The van der Waals surface area contributed by atoms with Crippen LogP contribution in [0.5, 0.6) is 0 Å². The summed E-state index contributed by atoms with van der Waals surface area (Å²) in [5.41, 5.74) is 5.49. The van der Waals surface area contributed by atoms with Crippen LogP contribution in [0.2, 0.25) is 0 Å². The molecule has 0 heterocycles. The van der Waals surface area contributed by atoms with Crippen LogP contribution in [-0.4, -0.2) is 56.5 Å². The zero-order chi connectivity index (χ0) is 12.2. The highest BCUT2D eigenvalue weighted by Crippen LogP contribution is 1.93. The van der Waals surface area contributed by atoms with Crippen molar-refractivity contribution >= 4 is 17.2 Å². The molecule has 0 rings (SSSR count). The van der Waals surface area contributed by atoms with Gasteiger partial charge in [-0.1, -0.05) is 19.1 Å². The fourth-order valence-electron chi connectivity index (χ4n) is 1.26. The molecule has 4 nitrogen and oxygen atoms in total. The van der Waals surface area contributed by atoms with E-state index in [9.17, 15) is 0 Å². The second kappa shape index (κ2) is 11.3. The Morgan fingerprint density at radius 1 is 1.19 bits per heavy atom. The molecule has 0 saturated carbocycles. The Labute approximate surface area is 104 Å². The minimum Gasteiger partial charge on any atom is -0.393 e. The molecule has 0 aliphatic rings. The molecule has 0 saturated heterocycles. The van der Waals surface area contributed by atoms with Crippen LogP contribution in [-0.2, 0) is 9.47 Å². The maximum Gasteiger partial charge on any atom is 0.0740 e. The van der Waals surface area contributed by atoms with Crippen molar-refractivity contribution in [1.29, 1.82) is 0 Å². The molecule has 0 aromatic carbocycles. The third-order valence-electron chi connectivity index (χ3n) is 2.19. The van der Waals surface area contributed by atoms with Crippen molar-refractivity contribution in [3.63, 3.8) is 0 Å². The highest BCUT2D eigenvalue weighted by molar-refractivity contribution is 7.80. The lowest BCUT2D eigenvalue weighted by atomic mass is 10.3. The highest BCUT2D eigenvalue weighted by Gasteiger charge is 2.04. The van der Waals surface area contributed by atoms with Gasteiger partial charge in [0, 0.05) is 39.8 Å². The van der Waals surface area contributed by atoms with Crippen LogP contribution in [0, 0.1) is 0 Å². The number of ether oxygens (including phenoxy) is 2. The van der Waals surface area contributed by atoms with E-state index < -0.39 is 0 Å². The SMILES string of the molecule is CCCOCCN(CCOC)CCC(N)=S. The normalized spacial score (nSPS) is 10.9. The average molecular weight is 248 g/mol. The molecule has 0 aromatic rings. The van der Waals surface area contributed by atoms with E-state index in [2.05, 4.69) is 11.8 Å². The molecule has 0 aliphatic heterocycles. The van der Waals surface area contributed by atoms with Crippen molar-refractivity contribution in [3.8, 4) is 0 Å². The molecule has 0 fully saturated rings. The van der Waals surface area contributed by atoms with Crippen LogP contribution >= 0.6 is 12.2 Å². The average Bonchev–Trinajstić information content (AvgIpc) is 2.26. The lowest BCUT2D eigenvalue weighted by Crippen LogP contribution is -2.33. The molecule has 0 unspecified atom stereocenters. The van der Waals surface area contributed by atoms with E-state index >= 15 is 0 Å². The summed E-state index contributed by atoms with van der Waals surface area (Å²) < 4.78 is 10.5. The van der Waals surface area contributed by atoms with Crippen molar-refractivity contribution in [3.05, 3.63) is 0 Å². The van der Waals surface area contributed by atoms with Gasteiger partial charge in [0.2, 0.25) is 0 Å². The van der Waals surface area contributed by atoms with E-state index in [4.69, 9.17) is 27.4 Å². The Bertz CT molecular complexity index is 179. The van der Waals surface area contributed by atoms with Gasteiger partial charge in [0.25, 0.3) is 0 Å². The van der Waals surface area contributed by atoms with Gasteiger partial charge < -0.3 is 15.2 Å². The zero-order valence-corrected chi connectivity index (χ0v) is 11.2. The van der Waals surface area contributed by atoms with Crippen molar-refractivity contribution in [2.45, 2.75) is 19.8 Å². The van der Waals surface area contributed by atoms with E-state index in [1.54, 1.807) is 7.11 Å². The molecular formula is C11H24N2O2S. The monoisotopic (exact) mass is 248 g/mol. The maximum absolute atomic E-state index is 5.49. The third kappa shape index (κ3) is 10.3. The van der Waals surface area contributed by atoms with Crippen LogP contribution < -0.4 is 5.73 Å². The van der Waals surface area contributed by atoms with E-state index in [0.29, 0.717) is 4.99 Å². The lowest BCUT2D eigenvalue weighted by Gasteiger charge is -2.21. The van der Waals surface area contributed by atoms with Gasteiger partial charge in [-0.3, -0.25) is 4.90 Å². The molecule has 0 bridgehead atoms. The number of methoxy groups -OCH3 is 1. The first-order valence-corrected chi connectivity index (χ1v) is 6.18. The molecule has 96 valence electrons. The van der Waals surface area contributed by atoms with Gasteiger partial charge in [-0.05, 0) is 6.42 Å².